The number of nitrogens with one attached hydrogen (secondary N) is 1. The van der Waals surface area contributed by atoms with Gasteiger partial charge < -0.3 is 19.5 Å². The Labute approximate surface area is 212 Å². The van der Waals surface area contributed by atoms with Crippen LogP contribution in [0.2, 0.25) is 0 Å². The van der Waals surface area contributed by atoms with Crippen molar-refractivity contribution < 1.29 is 19.0 Å². The number of allylic oxidation sites excluding steroid dienone is 2. The molecule has 0 saturated carbocycles. The number of piperidine rings is 1. The van der Waals surface area contributed by atoms with Crippen molar-refractivity contribution in [3.63, 3.8) is 0 Å². The molecule has 3 heterocycles. The first-order valence-electron chi connectivity index (χ1n) is 12.7. The van der Waals surface area contributed by atoms with Crippen molar-refractivity contribution in [1.82, 2.24) is 15.2 Å². The van der Waals surface area contributed by atoms with Crippen LogP contribution in [0.1, 0.15) is 44.7 Å². The van der Waals surface area contributed by atoms with Gasteiger partial charge in [-0.3, -0.25) is 9.88 Å². The number of hydrogen-bond acceptors (Lipinski definition) is 6. The smallest absolute Gasteiger partial charge is 0.407 e. The van der Waals surface area contributed by atoms with Crippen LogP contribution in [0.3, 0.4) is 0 Å². The van der Waals surface area contributed by atoms with Gasteiger partial charge in [-0.2, -0.15) is 0 Å². The summed E-state index contributed by atoms with van der Waals surface area (Å²) in [6.07, 6.45) is 15.8. The number of nitrogens with zero attached hydrogens (tertiary/aromatic N) is 2. The lowest BCUT2D eigenvalue weighted by atomic mass is 9.97. The first-order valence-corrected chi connectivity index (χ1v) is 12.7. The fourth-order valence-electron chi connectivity index (χ4n) is 5.11. The average molecular weight is 490 g/mol. The summed E-state index contributed by atoms with van der Waals surface area (Å²) in [5.41, 5.74) is 1.68. The summed E-state index contributed by atoms with van der Waals surface area (Å²) in [7, 11) is 1.70. The second-order valence-corrected chi connectivity index (χ2v) is 10.7. The third-order valence-corrected chi connectivity index (χ3v) is 6.83. The topological polar surface area (TPSA) is 72.9 Å². The highest BCUT2D eigenvalue weighted by molar-refractivity contribution is 5.96. The zero-order valence-corrected chi connectivity index (χ0v) is 21.5. The number of ether oxygens (including phenoxy) is 3. The number of likely N-dealkylation sites (tertiary alicyclic amines) is 1. The van der Waals surface area contributed by atoms with Gasteiger partial charge in [-0.1, -0.05) is 18.2 Å². The number of methoxy groups -OCH3 is 1. The summed E-state index contributed by atoms with van der Waals surface area (Å²) in [5, 5.41) is 5.08. The van der Waals surface area contributed by atoms with Crippen LogP contribution in [-0.2, 0) is 16.0 Å². The first kappa shape index (κ1) is 24.4. The maximum absolute atomic E-state index is 12.1. The Hall–Kier alpha value is -3.32. The lowest BCUT2D eigenvalue weighted by Gasteiger charge is -2.33. The molecule has 2 aliphatic heterocycles. The van der Waals surface area contributed by atoms with Crippen molar-refractivity contribution in [1.29, 1.82) is 0 Å². The van der Waals surface area contributed by atoms with E-state index in [4.69, 9.17) is 14.2 Å². The number of alkyl carbamates (subject to hydrolysis) is 1. The molecular formula is C29H35N3O4. The van der Waals surface area contributed by atoms with E-state index in [1.807, 2.05) is 39.2 Å². The van der Waals surface area contributed by atoms with Gasteiger partial charge in [-0.15, -0.1) is 0 Å². The molecule has 2 aromatic rings. The Morgan fingerprint density at radius 2 is 1.92 bits per heavy atom. The summed E-state index contributed by atoms with van der Waals surface area (Å²) in [6.45, 7) is 8.26. The number of carbonyl (C=O) groups is 1. The molecule has 1 amide bonds. The Morgan fingerprint density at radius 1 is 1.14 bits per heavy atom. The highest BCUT2D eigenvalue weighted by Gasteiger charge is 2.29. The molecule has 1 aromatic carbocycles. The minimum Gasteiger partial charge on any atom is -0.496 e. The van der Waals surface area contributed by atoms with Crippen molar-refractivity contribution in [2.24, 2.45) is 5.92 Å². The predicted octanol–water partition coefficient (Wildman–Crippen LogP) is 5.21. The van der Waals surface area contributed by atoms with Crippen LogP contribution in [0.25, 0.3) is 16.5 Å². The minimum absolute atomic E-state index is 0.0425. The third-order valence-electron chi connectivity index (χ3n) is 6.83. The van der Waals surface area contributed by atoms with E-state index in [0.29, 0.717) is 0 Å². The van der Waals surface area contributed by atoms with Crippen LogP contribution in [-0.4, -0.2) is 53.9 Å². The van der Waals surface area contributed by atoms with Gasteiger partial charge in [-0.05, 0) is 68.8 Å². The van der Waals surface area contributed by atoms with Gasteiger partial charge in [0.05, 0.1) is 7.11 Å². The Balaban J connectivity index is 1.31. The zero-order chi connectivity index (χ0) is 25.3. The number of benzene rings is 1. The van der Waals surface area contributed by atoms with Crippen LogP contribution < -0.4 is 10.1 Å². The van der Waals surface area contributed by atoms with E-state index >= 15 is 0 Å². The molecule has 5 rings (SSSR count). The van der Waals surface area contributed by atoms with E-state index in [-0.39, 0.29) is 24.2 Å². The molecule has 0 radical (unpaired) electrons. The average Bonchev–Trinajstić information content (AvgIpc) is 3.27. The van der Waals surface area contributed by atoms with Crippen molar-refractivity contribution in [3.05, 3.63) is 66.0 Å². The normalized spacial score (nSPS) is 22.2. The summed E-state index contributed by atoms with van der Waals surface area (Å²) in [6, 6.07) is 4.48. The molecule has 0 spiro atoms. The fourth-order valence-corrected chi connectivity index (χ4v) is 5.11. The number of fused-ring (bicyclic) bond motifs is 2. The molecule has 1 fully saturated rings. The van der Waals surface area contributed by atoms with Crippen LogP contribution in [0.5, 0.6) is 5.75 Å². The van der Waals surface area contributed by atoms with Crippen molar-refractivity contribution in [2.45, 2.75) is 57.9 Å². The van der Waals surface area contributed by atoms with E-state index in [1.165, 1.54) is 5.56 Å². The Bertz CT molecular complexity index is 1220. The second kappa shape index (κ2) is 9.97. The number of pyridine rings is 1. The number of hydrogen-bond donors (Lipinski definition) is 1. The number of amides is 1. The van der Waals surface area contributed by atoms with Gasteiger partial charge in [0.2, 0.25) is 0 Å². The minimum atomic E-state index is -0.487. The van der Waals surface area contributed by atoms with Crippen molar-refractivity contribution in [3.8, 4) is 5.75 Å². The lowest BCUT2D eigenvalue weighted by molar-refractivity contribution is 0.0477. The highest BCUT2D eigenvalue weighted by Crippen LogP contribution is 2.38. The molecule has 0 bridgehead atoms. The van der Waals surface area contributed by atoms with E-state index < -0.39 is 5.60 Å². The summed E-state index contributed by atoms with van der Waals surface area (Å²) >= 11 is 0. The zero-order valence-electron chi connectivity index (χ0n) is 21.5. The van der Waals surface area contributed by atoms with E-state index in [1.54, 1.807) is 7.11 Å². The molecule has 190 valence electrons. The van der Waals surface area contributed by atoms with Gasteiger partial charge in [0.25, 0.3) is 0 Å². The summed E-state index contributed by atoms with van der Waals surface area (Å²) < 4.78 is 17.5. The Morgan fingerprint density at radius 3 is 2.64 bits per heavy atom. The molecule has 2 unspecified atom stereocenters. The van der Waals surface area contributed by atoms with Crippen LogP contribution in [0.15, 0.2) is 54.9 Å². The van der Waals surface area contributed by atoms with Crippen LogP contribution in [0.4, 0.5) is 4.79 Å². The first-order chi connectivity index (χ1) is 17.3. The van der Waals surface area contributed by atoms with E-state index in [9.17, 15) is 4.79 Å². The molecule has 1 aromatic heterocycles. The Kier molecular flexibility index (Phi) is 6.75. The quantitative estimate of drug-likeness (QED) is 0.621. The highest BCUT2D eigenvalue weighted by atomic mass is 16.6. The molecule has 7 nitrogen and oxygen atoms in total. The molecular weight excluding hydrogens is 454 g/mol. The molecule has 2 atom stereocenters. The second-order valence-electron chi connectivity index (χ2n) is 10.7. The standard InChI is InChI=1S/C29H35N3O4/c1-29(2,3)36-28(33)31-21-9-11-32(12-10-21)18-19-13-22-23(26(14-19)34-4)16-30-17-24(22)27-15-20-7-5-6-8-25(20)35-27/h5-8,13-17,20-21,25H,9-12,18H2,1-4H3,(H,31,33). The van der Waals surface area contributed by atoms with E-state index in [2.05, 4.69) is 51.6 Å². The van der Waals surface area contributed by atoms with E-state index in [0.717, 1.165) is 60.3 Å². The molecule has 36 heavy (non-hydrogen) atoms. The fraction of sp³-hybridized carbons (Fsp3) is 0.448. The maximum Gasteiger partial charge on any atom is 0.407 e. The number of rotatable bonds is 5. The SMILES string of the molecule is COc1cc(CN2CCC(NC(=O)OC(C)(C)C)CC2)cc2c(C3=CC4C=CC=CC4O3)cncc12. The van der Waals surface area contributed by atoms with Crippen molar-refractivity contribution in [2.75, 3.05) is 20.2 Å². The van der Waals surface area contributed by atoms with Crippen molar-refractivity contribution >= 4 is 22.6 Å². The van der Waals surface area contributed by atoms with Gasteiger partial charge in [0.1, 0.15) is 23.2 Å². The summed E-state index contributed by atoms with van der Waals surface area (Å²) in [4.78, 5) is 19.0. The molecule has 1 saturated heterocycles. The number of carbonyl (C=O) groups excluding carboxylic acids is 1. The van der Waals surface area contributed by atoms with Gasteiger partial charge in [-0.25, -0.2) is 4.79 Å². The van der Waals surface area contributed by atoms with Crippen LogP contribution in [0, 0.1) is 5.92 Å². The lowest BCUT2D eigenvalue weighted by Crippen LogP contribution is -2.45. The third kappa shape index (κ3) is 5.41. The molecule has 1 N–H and O–H groups in total. The van der Waals surface area contributed by atoms with Gasteiger partial charge in [0.15, 0.2) is 0 Å². The largest absolute Gasteiger partial charge is 0.496 e. The maximum atomic E-state index is 12.1. The summed E-state index contributed by atoms with van der Waals surface area (Å²) in [5.74, 6) is 1.93. The van der Waals surface area contributed by atoms with Gasteiger partial charge >= 0.3 is 6.09 Å². The monoisotopic (exact) mass is 489 g/mol. The van der Waals surface area contributed by atoms with Gasteiger partial charge in [0, 0.05) is 54.9 Å². The number of aromatic nitrogens is 1. The molecule has 7 heteroatoms. The molecule has 3 aliphatic rings. The van der Waals surface area contributed by atoms with Crippen LogP contribution >= 0.6 is 0 Å². The predicted molar refractivity (Wildman–Crippen MR) is 141 cm³/mol. The molecule has 1 aliphatic carbocycles.